The number of piperazine rings is 1. The minimum atomic E-state index is -0.198. The Bertz CT molecular complexity index is 529. The van der Waals surface area contributed by atoms with Crippen LogP contribution in [0.5, 0.6) is 0 Å². The molecule has 7 heteroatoms. The monoisotopic (exact) mass is 463 g/mol. The zero-order valence-electron chi connectivity index (χ0n) is 15.5. The molecule has 5 nitrogen and oxygen atoms in total. The fraction of sp³-hybridized carbons (Fsp3) is 0.611. The highest BCUT2D eigenvalue weighted by atomic mass is 127. The van der Waals surface area contributed by atoms with E-state index in [4.69, 9.17) is 5.73 Å². The molecule has 25 heavy (non-hydrogen) atoms. The molecule has 1 atom stereocenters. The first kappa shape index (κ1) is 22.0. The number of hydrogen-bond acceptors (Lipinski definition) is 3. The van der Waals surface area contributed by atoms with Gasteiger partial charge in [-0.1, -0.05) is 6.92 Å². The van der Waals surface area contributed by atoms with Crippen molar-refractivity contribution in [3.05, 3.63) is 30.1 Å². The highest BCUT2D eigenvalue weighted by Crippen LogP contribution is 2.16. The van der Waals surface area contributed by atoms with Gasteiger partial charge in [0.05, 0.1) is 6.54 Å². The summed E-state index contributed by atoms with van der Waals surface area (Å²) in [6.45, 7) is 9.49. The minimum absolute atomic E-state index is 0. The summed E-state index contributed by atoms with van der Waals surface area (Å²) in [5, 5.41) is 0. The maximum absolute atomic E-state index is 13.0. The number of guanidine groups is 1. The van der Waals surface area contributed by atoms with Gasteiger partial charge >= 0.3 is 0 Å². The van der Waals surface area contributed by atoms with Crippen molar-refractivity contribution in [3.8, 4) is 0 Å². The van der Waals surface area contributed by atoms with Crippen molar-refractivity contribution in [1.82, 2.24) is 9.80 Å². The summed E-state index contributed by atoms with van der Waals surface area (Å²) in [5.41, 5.74) is 7.19. The van der Waals surface area contributed by atoms with Crippen molar-refractivity contribution >= 4 is 35.6 Å². The Morgan fingerprint density at radius 2 is 1.84 bits per heavy atom. The van der Waals surface area contributed by atoms with Crippen molar-refractivity contribution in [1.29, 1.82) is 0 Å². The number of rotatable bonds is 6. The second kappa shape index (κ2) is 10.8. The third kappa shape index (κ3) is 6.62. The lowest BCUT2D eigenvalue weighted by atomic mass is 10.2. The zero-order valence-corrected chi connectivity index (χ0v) is 17.8. The van der Waals surface area contributed by atoms with E-state index in [1.165, 1.54) is 12.1 Å². The Hall–Kier alpha value is -1.09. The first-order valence-corrected chi connectivity index (χ1v) is 8.77. The molecule has 1 aliphatic rings. The molecule has 2 N–H and O–H groups in total. The third-order valence-corrected chi connectivity index (χ3v) is 4.87. The van der Waals surface area contributed by atoms with E-state index in [1.807, 2.05) is 12.1 Å². The fourth-order valence-corrected chi connectivity index (χ4v) is 2.80. The summed E-state index contributed by atoms with van der Waals surface area (Å²) in [7, 11) is 2.13. The van der Waals surface area contributed by atoms with Crippen molar-refractivity contribution in [2.45, 2.75) is 26.3 Å². The van der Waals surface area contributed by atoms with E-state index >= 15 is 0 Å². The van der Waals surface area contributed by atoms with E-state index in [2.05, 4.69) is 40.6 Å². The molecule has 1 fully saturated rings. The molecule has 0 aromatic heterocycles. The molecule has 1 aromatic carbocycles. The molecule has 142 valence electrons. The van der Waals surface area contributed by atoms with Crippen LogP contribution in [0.3, 0.4) is 0 Å². The lowest BCUT2D eigenvalue weighted by Gasteiger charge is -2.36. The van der Waals surface area contributed by atoms with Gasteiger partial charge in [0.2, 0.25) is 0 Å². The Labute approximate surface area is 168 Å². The van der Waals surface area contributed by atoms with Gasteiger partial charge in [0.15, 0.2) is 5.96 Å². The molecule has 1 unspecified atom stereocenters. The van der Waals surface area contributed by atoms with Gasteiger partial charge in [0, 0.05) is 44.5 Å². The fourth-order valence-electron chi connectivity index (χ4n) is 2.80. The maximum atomic E-state index is 13.0. The van der Waals surface area contributed by atoms with Crippen molar-refractivity contribution < 1.29 is 4.39 Å². The highest BCUT2D eigenvalue weighted by molar-refractivity contribution is 14.0. The first-order valence-electron chi connectivity index (χ1n) is 8.77. The van der Waals surface area contributed by atoms with Gasteiger partial charge in [-0.05, 0) is 44.7 Å². The van der Waals surface area contributed by atoms with Crippen molar-refractivity contribution in [2.75, 3.05) is 51.2 Å². The molecule has 0 aliphatic carbocycles. The Morgan fingerprint density at radius 3 is 2.40 bits per heavy atom. The molecule has 1 aliphatic heterocycles. The van der Waals surface area contributed by atoms with Crippen LogP contribution in [0.25, 0.3) is 0 Å². The number of halogens is 2. The summed E-state index contributed by atoms with van der Waals surface area (Å²) in [4.78, 5) is 11.2. The Morgan fingerprint density at radius 1 is 1.24 bits per heavy atom. The number of likely N-dealkylation sites (N-methyl/N-ethyl adjacent to an activating group) is 1. The van der Waals surface area contributed by atoms with Gasteiger partial charge in [-0.2, -0.15) is 0 Å². The highest BCUT2D eigenvalue weighted by Gasteiger charge is 2.18. The van der Waals surface area contributed by atoms with Crippen LogP contribution >= 0.6 is 24.0 Å². The molecule has 1 saturated heterocycles. The quantitative estimate of drug-likeness (QED) is 0.401. The smallest absolute Gasteiger partial charge is 0.191 e. The minimum Gasteiger partial charge on any atom is -0.370 e. The SMILES string of the molecule is CCC(C)N(C)CCN=C(N)N1CCN(c2ccc(F)cc2)CC1.I. The zero-order chi connectivity index (χ0) is 17.5. The molecule has 0 amide bonds. The van der Waals surface area contributed by atoms with E-state index in [0.717, 1.165) is 51.4 Å². The summed E-state index contributed by atoms with van der Waals surface area (Å²) in [6.07, 6.45) is 1.14. The second-order valence-electron chi connectivity index (χ2n) is 6.43. The number of benzene rings is 1. The maximum Gasteiger partial charge on any atom is 0.191 e. The van der Waals surface area contributed by atoms with Gasteiger partial charge in [0.1, 0.15) is 5.82 Å². The van der Waals surface area contributed by atoms with Gasteiger partial charge in [-0.3, -0.25) is 4.99 Å². The summed E-state index contributed by atoms with van der Waals surface area (Å²) < 4.78 is 13.0. The van der Waals surface area contributed by atoms with Gasteiger partial charge < -0.3 is 20.4 Å². The Balaban J connectivity index is 0.00000312. The van der Waals surface area contributed by atoms with Crippen molar-refractivity contribution in [2.24, 2.45) is 10.7 Å². The van der Waals surface area contributed by atoms with E-state index in [9.17, 15) is 4.39 Å². The number of nitrogens with zero attached hydrogens (tertiary/aromatic N) is 4. The predicted molar refractivity (Wildman–Crippen MR) is 114 cm³/mol. The van der Waals surface area contributed by atoms with Crippen LogP contribution in [-0.2, 0) is 0 Å². The average molecular weight is 463 g/mol. The standard InChI is InChI=1S/C18H30FN5.HI/c1-4-15(2)22(3)10-9-21-18(20)24-13-11-23(12-14-24)17-7-5-16(19)6-8-17;/h5-8,15H,4,9-14H2,1-3H3,(H2,20,21);1H. The number of hydrogen-bond donors (Lipinski definition) is 1. The topological polar surface area (TPSA) is 48.1 Å². The molecule has 1 aromatic rings. The molecule has 0 bridgehead atoms. The van der Waals surface area contributed by atoms with Crippen LogP contribution in [-0.4, -0.2) is 68.1 Å². The molecular formula is C18H31FIN5. The average Bonchev–Trinajstić information content (AvgIpc) is 2.61. The molecule has 0 radical (unpaired) electrons. The second-order valence-corrected chi connectivity index (χ2v) is 6.43. The third-order valence-electron chi connectivity index (χ3n) is 4.87. The number of anilines is 1. The van der Waals surface area contributed by atoms with E-state index in [1.54, 1.807) is 0 Å². The van der Waals surface area contributed by atoms with Crippen LogP contribution in [0, 0.1) is 5.82 Å². The largest absolute Gasteiger partial charge is 0.370 e. The molecule has 2 rings (SSSR count). The van der Waals surface area contributed by atoms with E-state index in [-0.39, 0.29) is 29.8 Å². The number of nitrogens with two attached hydrogens (primary N) is 1. The first-order chi connectivity index (χ1) is 11.5. The van der Waals surface area contributed by atoms with Gasteiger partial charge in [0.25, 0.3) is 0 Å². The lowest BCUT2D eigenvalue weighted by molar-refractivity contribution is 0.258. The summed E-state index contributed by atoms with van der Waals surface area (Å²) >= 11 is 0. The molecule has 0 saturated carbocycles. The van der Waals surface area contributed by atoms with Crippen molar-refractivity contribution in [3.63, 3.8) is 0 Å². The molecule has 0 spiro atoms. The van der Waals surface area contributed by atoms with E-state index < -0.39 is 0 Å². The van der Waals surface area contributed by atoms with Crippen LogP contribution < -0.4 is 10.6 Å². The molecular weight excluding hydrogens is 432 g/mol. The number of aliphatic imine (C=N–C) groups is 1. The van der Waals surface area contributed by atoms with E-state index in [0.29, 0.717) is 12.0 Å². The lowest BCUT2D eigenvalue weighted by Crippen LogP contribution is -2.51. The van der Waals surface area contributed by atoms with Crippen LogP contribution in [0.4, 0.5) is 10.1 Å². The van der Waals surface area contributed by atoms with Crippen LogP contribution in [0.15, 0.2) is 29.3 Å². The summed E-state index contributed by atoms with van der Waals surface area (Å²) in [5.74, 6) is 0.433. The normalized spacial score (nSPS) is 16.8. The van der Waals surface area contributed by atoms with Gasteiger partial charge in [-0.25, -0.2) is 4.39 Å². The Kier molecular flexibility index (Phi) is 9.48. The van der Waals surface area contributed by atoms with Gasteiger partial charge in [-0.15, -0.1) is 24.0 Å². The van der Waals surface area contributed by atoms with Crippen LogP contribution in [0.2, 0.25) is 0 Å². The van der Waals surface area contributed by atoms with Crippen LogP contribution in [0.1, 0.15) is 20.3 Å². The molecule has 1 heterocycles. The summed E-state index contributed by atoms with van der Waals surface area (Å²) in [6, 6.07) is 7.23. The predicted octanol–water partition coefficient (Wildman–Crippen LogP) is 2.61.